The second-order valence-corrected chi connectivity index (χ2v) is 6.79. The number of carbonyl (C=O) groups excluding carboxylic acids is 2. The molecule has 1 aliphatic heterocycles. The quantitative estimate of drug-likeness (QED) is 0.807. The molecular weight excluding hydrogens is 306 g/mol. The minimum Gasteiger partial charge on any atom is -0.366 e. The lowest BCUT2D eigenvalue weighted by Crippen LogP contribution is -2.57. The van der Waals surface area contributed by atoms with Crippen molar-refractivity contribution in [3.8, 4) is 0 Å². The van der Waals surface area contributed by atoms with Crippen LogP contribution < -0.4 is 10.6 Å². The standard InChI is InChI=1S/C17H25N5O2/c1-12-4-5-14(21-20-12)19-13-6-10-22(11-7-13)16(24)17(8-3-9-17)15(23)18-2/h4-5,13H,3,6-11H2,1-2H3,(H,18,23)(H,19,21). The fraction of sp³-hybridized carbons (Fsp3) is 0.647. The van der Waals surface area contributed by atoms with Gasteiger partial charge in [0.25, 0.3) is 0 Å². The summed E-state index contributed by atoms with van der Waals surface area (Å²) in [6, 6.07) is 4.13. The highest BCUT2D eigenvalue weighted by Gasteiger charge is 2.52. The molecular formula is C17H25N5O2. The highest BCUT2D eigenvalue weighted by molar-refractivity contribution is 6.05. The number of likely N-dealkylation sites (tertiary alicyclic amines) is 1. The summed E-state index contributed by atoms with van der Waals surface area (Å²) in [6.45, 7) is 3.26. The number of aryl methyl sites for hydroxylation is 1. The molecule has 0 atom stereocenters. The van der Waals surface area contributed by atoms with Crippen molar-refractivity contribution in [1.29, 1.82) is 0 Å². The summed E-state index contributed by atoms with van der Waals surface area (Å²) in [4.78, 5) is 26.8. The summed E-state index contributed by atoms with van der Waals surface area (Å²) in [5, 5.41) is 14.2. The monoisotopic (exact) mass is 331 g/mol. The van der Waals surface area contributed by atoms with Crippen LogP contribution in [0.25, 0.3) is 0 Å². The normalized spacial score (nSPS) is 20.2. The number of nitrogens with one attached hydrogen (secondary N) is 2. The van der Waals surface area contributed by atoms with Gasteiger partial charge in [0.2, 0.25) is 11.8 Å². The second-order valence-electron chi connectivity index (χ2n) is 6.79. The number of rotatable bonds is 4. The Hall–Kier alpha value is -2.18. The van der Waals surface area contributed by atoms with Crippen LogP contribution >= 0.6 is 0 Å². The third-order valence-corrected chi connectivity index (χ3v) is 5.21. The molecule has 2 fully saturated rings. The predicted molar refractivity (Wildman–Crippen MR) is 90.3 cm³/mol. The van der Waals surface area contributed by atoms with E-state index in [9.17, 15) is 9.59 Å². The zero-order valence-electron chi connectivity index (χ0n) is 14.3. The number of carbonyl (C=O) groups is 2. The molecule has 3 rings (SSSR count). The molecule has 7 nitrogen and oxygen atoms in total. The maximum atomic E-state index is 12.8. The number of aromatic nitrogens is 2. The zero-order chi connectivity index (χ0) is 17.2. The lowest BCUT2D eigenvalue weighted by atomic mass is 9.67. The van der Waals surface area contributed by atoms with Crippen LogP contribution in [0, 0.1) is 12.3 Å². The van der Waals surface area contributed by atoms with E-state index in [4.69, 9.17) is 0 Å². The van der Waals surface area contributed by atoms with Gasteiger partial charge >= 0.3 is 0 Å². The van der Waals surface area contributed by atoms with Crippen LogP contribution in [0.15, 0.2) is 12.1 Å². The second kappa shape index (κ2) is 6.75. The van der Waals surface area contributed by atoms with Gasteiger partial charge in [-0.25, -0.2) is 0 Å². The first kappa shape index (κ1) is 16.7. The van der Waals surface area contributed by atoms with Crippen molar-refractivity contribution in [2.75, 3.05) is 25.5 Å². The molecule has 2 heterocycles. The first-order valence-electron chi connectivity index (χ1n) is 8.63. The van der Waals surface area contributed by atoms with Gasteiger partial charge in [-0.1, -0.05) is 6.42 Å². The van der Waals surface area contributed by atoms with Crippen molar-refractivity contribution < 1.29 is 9.59 Å². The highest BCUT2D eigenvalue weighted by atomic mass is 16.2. The van der Waals surface area contributed by atoms with Crippen LogP contribution in [-0.4, -0.2) is 53.1 Å². The molecule has 2 N–H and O–H groups in total. The molecule has 2 aliphatic rings. The number of hydrogen-bond acceptors (Lipinski definition) is 5. The van der Waals surface area contributed by atoms with E-state index in [-0.39, 0.29) is 17.9 Å². The Morgan fingerprint density at radius 3 is 2.42 bits per heavy atom. The largest absolute Gasteiger partial charge is 0.366 e. The Labute approximate surface area is 142 Å². The van der Waals surface area contributed by atoms with Crippen molar-refractivity contribution in [2.24, 2.45) is 5.41 Å². The maximum absolute atomic E-state index is 12.8. The summed E-state index contributed by atoms with van der Waals surface area (Å²) in [7, 11) is 1.61. The number of nitrogens with zero attached hydrogens (tertiary/aromatic N) is 3. The molecule has 0 bridgehead atoms. The number of hydrogen-bond donors (Lipinski definition) is 2. The van der Waals surface area contributed by atoms with Gasteiger partial charge in [0, 0.05) is 26.2 Å². The molecule has 0 aromatic carbocycles. The van der Waals surface area contributed by atoms with Crippen LogP contribution in [0.3, 0.4) is 0 Å². The molecule has 1 saturated carbocycles. The predicted octanol–water partition coefficient (Wildman–Crippen LogP) is 1.10. The average Bonchev–Trinajstić information content (AvgIpc) is 2.56. The molecule has 1 saturated heterocycles. The molecule has 1 aromatic rings. The summed E-state index contributed by atoms with van der Waals surface area (Å²) < 4.78 is 0. The first-order valence-corrected chi connectivity index (χ1v) is 8.63. The topological polar surface area (TPSA) is 87.2 Å². The molecule has 7 heteroatoms. The zero-order valence-corrected chi connectivity index (χ0v) is 14.3. The van der Waals surface area contributed by atoms with E-state index in [1.54, 1.807) is 7.05 Å². The Kier molecular flexibility index (Phi) is 4.69. The Bertz CT molecular complexity index is 604. The number of piperidine rings is 1. The summed E-state index contributed by atoms with van der Waals surface area (Å²) >= 11 is 0. The SMILES string of the molecule is CNC(=O)C1(C(=O)N2CCC(Nc3ccc(C)nn3)CC2)CCC1. The third-order valence-electron chi connectivity index (χ3n) is 5.21. The van der Waals surface area contributed by atoms with Gasteiger partial charge < -0.3 is 15.5 Å². The van der Waals surface area contributed by atoms with Crippen LogP contribution in [0.5, 0.6) is 0 Å². The Balaban J connectivity index is 1.55. The van der Waals surface area contributed by atoms with E-state index in [0.717, 1.165) is 30.8 Å². The lowest BCUT2D eigenvalue weighted by Gasteiger charge is -2.43. The van der Waals surface area contributed by atoms with Crippen LogP contribution in [-0.2, 0) is 9.59 Å². The number of anilines is 1. The van der Waals surface area contributed by atoms with Crippen molar-refractivity contribution in [2.45, 2.75) is 45.1 Å². The molecule has 130 valence electrons. The van der Waals surface area contributed by atoms with Crippen molar-refractivity contribution >= 4 is 17.6 Å². The lowest BCUT2D eigenvalue weighted by molar-refractivity contribution is -0.157. The molecule has 0 spiro atoms. The molecule has 1 aromatic heterocycles. The van der Waals surface area contributed by atoms with E-state index < -0.39 is 5.41 Å². The third kappa shape index (κ3) is 3.07. The van der Waals surface area contributed by atoms with Gasteiger partial charge in [-0.15, -0.1) is 5.10 Å². The highest BCUT2D eigenvalue weighted by Crippen LogP contribution is 2.43. The molecule has 0 radical (unpaired) electrons. The fourth-order valence-corrected chi connectivity index (χ4v) is 3.52. The number of amides is 2. The van der Waals surface area contributed by atoms with Crippen molar-refractivity contribution in [1.82, 2.24) is 20.4 Å². The van der Waals surface area contributed by atoms with Gasteiger partial charge in [-0.05, 0) is 44.7 Å². The fourth-order valence-electron chi connectivity index (χ4n) is 3.52. The van der Waals surface area contributed by atoms with Crippen LogP contribution in [0.4, 0.5) is 5.82 Å². The first-order chi connectivity index (χ1) is 11.5. The molecule has 2 amide bonds. The van der Waals surface area contributed by atoms with E-state index in [1.807, 2.05) is 24.0 Å². The minimum absolute atomic E-state index is 0.00155. The van der Waals surface area contributed by atoms with Gasteiger partial charge in [-0.3, -0.25) is 9.59 Å². The van der Waals surface area contributed by atoms with Gasteiger partial charge in [-0.2, -0.15) is 5.10 Å². The van der Waals surface area contributed by atoms with Gasteiger partial charge in [0.15, 0.2) is 0 Å². The van der Waals surface area contributed by atoms with Crippen LogP contribution in [0.2, 0.25) is 0 Å². The summed E-state index contributed by atoms with van der Waals surface area (Å²) in [5.41, 5.74) is 0.0817. The molecule has 1 aliphatic carbocycles. The maximum Gasteiger partial charge on any atom is 0.238 e. The van der Waals surface area contributed by atoms with E-state index >= 15 is 0 Å². The minimum atomic E-state index is -0.808. The van der Waals surface area contributed by atoms with Gasteiger partial charge in [0.05, 0.1) is 5.69 Å². The smallest absolute Gasteiger partial charge is 0.238 e. The Morgan fingerprint density at radius 1 is 1.21 bits per heavy atom. The molecule has 24 heavy (non-hydrogen) atoms. The Morgan fingerprint density at radius 2 is 1.92 bits per heavy atom. The average molecular weight is 331 g/mol. The van der Waals surface area contributed by atoms with Crippen LogP contribution in [0.1, 0.15) is 37.8 Å². The van der Waals surface area contributed by atoms with Crippen molar-refractivity contribution in [3.05, 3.63) is 17.8 Å². The van der Waals surface area contributed by atoms with E-state index in [1.165, 1.54) is 0 Å². The van der Waals surface area contributed by atoms with E-state index in [2.05, 4.69) is 20.8 Å². The van der Waals surface area contributed by atoms with E-state index in [0.29, 0.717) is 25.9 Å². The van der Waals surface area contributed by atoms with Gasteiger partial charge in [0.1, 0.15) is 11.2 Å². The van der Waals surface area contributed by atoms with Crippen molar-refractivity contribution in [3.63, 3.8) is 0 Å². The molecule has 0 unspecified atom stereocenters. The summed E-state index contributed by atoms with van der Waals surface area (Å²) in [6.07, 6.45) is 3.99. The summed E-state index contributed by atoms with van der Waals surface area (Å²) in [5.74, 6) is 0.641.